The van der Waals surface area contributed by atoms with Gasteiger partial charge in [-0.2, -0.15) is 0 Å². The van der Waals surface area contributed by atoms with Crippen molar-refractivity contribution in [3.63, 3.8) is 0 Å². The molecule has 1 N–H and O–H groups in total. The van der Waals surface area contributed by atoms with Crippen LogP contribution in [-0.2, 0) is 11.4 Å². The molecule has 0 radical (unpaired) electrons. The van der Waals surface area contributed by atoms with Crippen LogP contribution in [0, 0.1) is 5.82 Å². The zero-order valence-corrected chi connectivity index (χ0v) is 23.6. The molecule has 3 heterocycles. The number of anilines is 1. The Morgan fingerprint density at radius 1 is 1.15 bits per heavy atom. The van der Waals surface area contributed by atoms with Gasteiger partial charge in [-0.25, -0.2) is 14.4 Å². The monoisotopic (exact) mass is 558 g/mol. The number of halogens is 2. The van der Waals surface area contributed by atoms with Crippen molar-refractivity contribution in [2.45, 2.75) is 39.3 Å². The smallest absolute Gasteiger partial charge is 0.246 e. The summed E-state index contributed by atoms with van der Waals surface area (Å²) in [5, 5.41) is 11.6. The fourth-order valence-corrected chi connectivity index (χ4v) is 5.77. The number of hydrogen-bond donors (Lipinski definition) is 1. The van der Waals surface area contributed by atoms with Gasteiger partial charge < -0.3 is 14.9 Å². The minimum Gasteiger partial charge on any atom is -0.390 e. The van der Waals surface area contributed by atoms with Crippen molar-refractivity contribution >= 4 is 34.2 Å². The van der Waals surface area contributed by atoms with Gasteiger partial charge in [0.25, 0.3) is 0 Å². The van der Waals surface area contributed by atoms with Crippen molar-refractivity contribution < 1.29 is 14.3 Å². The molecule has 0 aliphatic carbocycles. The van der Waals surface area contributed by atoms with Crippen LogP contribution < -0.4 is 4.90 Å². The molecule has 0 spiro atoms. The SMILES string of the molecule is C=CC(=O)N1CCN(c2nc(CO)c(-c3ccccc3C(C)C)c3nc(-c4ccccc4F)c(Cl)cc23)C(C)C1. The first kappa shape index (κ1) is 27.7. The lowest BCUT2D eigenvalue weighted by Crippen LogP contribution is -2.53. The number of aromatic nitrogens is 2. The van der Waals surface area contributed by atoms with E-state index >= 15 is 0 Å². The molecular formula is C32H32ClFN4O2. The molecule has 1 saturated heterocycles. The summed E-state index contributed by atoms with van der Waals surface area (Å²) in [7, 11) is 0. The molecule has 0 bridgehead atoms. The average Bonchev–Trinajstić information content (AvgIpc) is 2.96. The molecule has 5 rings (SSSR count). The van der Waals surface area contributed by atoms with Gasteiger partial charge in [0.2, 0.25) is 5.91 Å². The second-order valence-electron chi connectivity index (χ2n) is 10.4. The van der Waals surface area contributed by atoms with Crippen LogP contribution in [0.1, 0.15) is 37.9 Å². The predicted octanol–water partition coefficient (Wildman–Crippen LogP) is 6.60. The first-order valence-electron chi connectivity index (χ1n) is 13.4. The normalized spacial score (nSPS) is 15.6. The summed E-state index contributed by atoms with van der Waals surface area (Å²) >= 11 is 6.81. The standard InChI is InChI=1S/C32H32ClFN4O2/c1-5-28(40)37-14-15-38(20(4)17-37)32-24-16-25(33)30(23-12-8-9-13-26(23)34)36-31(24)29(27(18-39)35-32)22-11-7-6-10-21(22)19(2)3/h5-13,16,19-20,39H,1,14-15,17-18H2,2-4H3. The number of carbonyl (C=O) groups is 1. The van der Waals surface area contributed by atoms with Gasteiger partial charge in [0.05, 0.1) is 28.5 Å². The number of rotatable bonds is 6. The number of amides is 1. The molecule has 1 fully saturated rings. The van der Waals surface area contributed by atoms with E-state index in [2.05, 4.69) is 31.4 Å². The van der Waals surface area contributed by atoms with Crippen LogP contribution >= 0.6 is 11.6 Å². The third-order valence-corrected chi connectivity index (χ3v) is 7.79. The summed E-state index contributed by atoms with van der Waals surface area (Å²) < 4.78 is 14.9. The van der Waals surface area contributed by atoms with Gasteiger partial charge >= 0.3 is 0 Å². The highest BCUT2D eigenvalue weighted by atomic mass is 35.5. The van der Waals surface area contributed by atoms with E-state index in [1.807, 2.05) is 25.1 Å². The molecule has 0 saturated carbocycles. The third kappa shape index (κ3) is 4.95. The Balaban J connectivity index is 1.81. The lowest BCUT2D eigenvalue weighted by molar-refractivity contribution is -0.126. The Morgan fingerprint density at radius 3 is 2.50 bits per heavy atom. The van der Waals surface area contributed by atoms with Gasteiger partial charge in [0, 0.05) is 42.2 Å². The van der Waals surface area contributed by atoms with Gasteiger partial charge in [-0.3, -0.25) is 4.79 Å². The first-order valence-corrected chi connectivity index (χ1v) is 13.8. The topological polar surface area (TPSA) is 69.6 Å². The minimum atomic E-state index is -0.423. The van der Waals surface area contributed by atoms with Crippen LogP contribution in [0.2, 0.25) is 5.02 Å². The van der Waals surface area contributed by atoms with Crippen LogP contribution in [0.15, 0.2) is 67.3 Å². The highest BCUT2D eigenvalue weighted by molar-refractivity contribution is 6.34. The number of benzene rings is 2. The molecule has 40 heavy (non-hydrogen) atoms. The molecule has 206 valence electrons. The van der Waals surface area contributed by atoms with Crippen LogP contribution in [-0.4, -0.2) is 51.6 Å². The lowest BCUT2D eigenvalue weighted by Gasteiger charge is -2.41. The number of hydrogen-bond acceptors (Lipinski definition) is 5. The maximum absolute atomic E-state index is 14.9. The van der Waals surface area contributed by atoms with Gasteiger partial charge in [-0.15, -0.1) is 0 Å². The Kier molecular flexibility index (Phi) is 7.88. The Hall–Kier alpha value is -3.81. The molecular weight excluding hydrogens is 527 g/mol. The molecule has 2 aromatic carbocycles. The van der Waals surface area contributed by atoms with Crippen LogP contribution in [0.5, 0.6) is 0 Å². The van der Waals surface area contributed by atoms with E-state index in [0.717, 1.165) is 11.1 Å². The van der Waals surface area contributed by atoms with Crippen molar-refractivity contribution in [3.8, 4) is 22.4 Å². The van der Waals surface area contributed by atoms with E-state index in [1.54, 1.807) is 29.2 Å². The molecule has 4 aromatic rings. The quantitative estimate of drug-likeness (QED) is 0.270. The van der Waals surface area contributed by atoms with Crippen LogP contribution in [0.4, 0.5) is 10.2 Å². The molecule has 1 amide bonds. The average molecular weight is 559 g/mol. The number of aliphatic hydroxyl groups is 1. The number of fused-ring (bicyclic) bond motifs is 1. The van der Waals surface area contributed by atoms with Crippen molar-refractivity contribution in [1.82, 2.24) is 14.9 Å². The number of aliphatic hydroxyl groups excluding tert-OH is 1. The highest BCUT2D eigenvalue weighted by Crippen LogP contribution is 2.42. The maximum Gasteiger partial charge on any atom is 0.246 e. The van der Waals surface area contributed by atoms with Crippen molar-refractivity contribution in [2.24, 2.45) is 0 Å². The zero-order chi connectivity index (χ0) is 28.6. The zero-order valence-electron chi connectivity index (χ0n) is 22.9. The van der Waals surface area contributed by atoms with Crippen molar-refractivity contribution in [3.05, 3.63) is 89.3 Å². The first-order chi connectivity index (χ1) is 19.2. The van der Waals surface area contributed by atoms with Crippen molar-refractivity contribution in [2.75, 3.05) is 24.5 Å². The Labute approximate surface area is 238 Å². The summed E-state index contributed by atoms with van der Waals surface area (Å²) in [5.74, 6) is 0.290. The minimum absolute atomic E-state index is 0.0706. The number of pyridine rings is 2. The predicted molar refractivity (Wildman–Crippen MR) is 159 cm³/mol. The number of carbonyl (C=O) groups excluding carboxylic acids is 1. The van der Waals surface area contributed by atoms with E-state index in [0.29, 0.717) is 63.9 Å². The van der Waals surface area contributed by atoms with E-state index in [4.69, 9.17) is 21.6 Å². The van der Waals surface area contributed by atoms with E-state index in [-0.39, 0.29) is 24.5 Å². The Bertz CT molecular complexity index is 1610. The van der Waals surface area contributed by atoms with Crippen LogP contribution in [0.3, 0.4) is 0 Å². The maximum atomic E-state index is 14.9. The third-order valence-electron chi connectivity index (χ3n) is 7.50. The molecule has 6 nitrogen and oxygen atoms in total. The summed E-state index contributed by atoms with van der Waals surface area (Å²) in [5.41, 5.74) is 4.38. The number of piperazine rings is 1. The van der Waals surface area contributed by atoms with Crippen LogP contribution in [0.25, 0.3) is 33.3 Å². The molecule has 1 atom stereocenters. The molecule has 1 aliphatic heterocycles. The second-order valence-corrected chi connectivity index (χ2v) is 10.8. The van der Waals surface area contributed by atoms with Gasteiger partial charge in [0.15, 0.2) is 0 Å². The van der Waals surface area contributed by atoms with Gasteiger partial charge in [-0.05, 0) is 48.2 Å². The molecule has 1 aliphatic rings. The largest absolute Gasteiger partial charge is 0.390 e. The lowest BCUT2D eigenvalue weighted by atomic mass is 9.90. The molecule has 2 aromatic heterocycles. The van der Waals surface area contributed by atoms with E-state index in [9.17, 15) is 14.3 Å². The van der Waals surface area contributed by atoms with Gasteiger partial charge in [-0.1, -0.05) is 68.4 Å². The van der Waals surface area contributed by atoms with Gasteiger partial charge in [0.1, 0.15) is 11.6 Å². The fourth-order valence-electron chi connectivity index (χ4n) is 5.52. The van der Waals surface area contributed by atoms with Crippen molar-refractivity contribution in [1.29, 1.82) is 0 Å². The summed E-state index contributed by atoms with van der Waals surface area (Å²) in [4.78, 5) is 26.2. The Morgan fingerprint density at radius 2 is 1.85 bits per heavy atom. The summed E-state index contributed by atoms with van der Waals surface area (Å²) in [6.45, 7) is 11.1. The fraction of sp³-hybridized carbons (Fsp3) is 0.281. The van der Waals surface area contributed by atoms with E-state index < -0.39 is 5.82 Å². The van der Waals surface area contributed by atoms with E-state index in [1.165, 1.54) is 12.1 Å². The second kappa shape index (κ2) is 11.4. The molecule has 1 unspecified atom stereocenters. The summed E-state index contributed by atoms with van der Waals surface area (Å²) in [6, 6.07) is 16.2. The molecule has 8 heteroatoms. The number of nitrogens with zero attached hydrogens (tertiary/aromatic N) is 4. The summed E-state index contributed by atoms with van der Waals surface area (Å²) in [6.07, 6.45) is 1.33. The highest BCUT2D eigenvalue weighted by Gasteiger charge is 2.30.